The van der Waals surface area contributed by atoms with Gasteiger partial charge in [-0.3, -0.25) is 4.79 Å². The standard InChI is InChI=1S/C24H23ClN4O3.CO2.ClH/c1-15-3-2-4-19(13-15)28-22(30)12-8-16-7-11-20(14-21(16)25)32-23(31)17-5-9-18(10-6-17)29-24(26)27;2-1-3;/h2-7,9-11,13-14H,8,12H2,1H3,(H,28,30)(H4,26,27,29);;1H. The quantitative estimate of drug-likeness (QED) is 0.179. The number of halogens is 2. The van der Waals surface area contributed by atoms with E-state index in [9.17, 15) is 9.59 Å². The van der Waals surface area contributed by atoms with Gasteiger partial charge in [0.2, 0.25) is 5.91 Å². The monoisotopic (exact) mass is 530 g/mol. The Labute approximate surface area is 218 Å². The third kappa shape index (κ3) is 9.99. The molecule has 0 aliphatic rings. The van der Waals surface area contributed by atoms with Crippen molar-refractivity contribution in [1.82, 2.24) is 0 Å². The van der Waals surface area contributed by atoms with Crippen molar-refractivity contribution in [3.63, 3.8) is 0 Å². The normalized spacial score (nSPS) is 9.39. The average Bonchev–Trinajstić information content (AvgIpc) is 2.79. The number of nitrogens with one attached hydrogen (secondary N) is 1. The number of amides is 1. The van der Waals surface area contributed by atoms with Gasteiger partial charge >= 0.3 is 12.1 Å². The van der Waals surface area contributed by atoms with Crippen molar-refractivity contribution in [2.45, 2.75) is 19.8 Å². The van der Waals surface area contributed by atoms with Gasteiger partial charge in [-0.1, -0.05) is 29.8 Å². The van der Waals surface area contributed by atoms with Crippen LogP contribution in [-0.4, -0.2) is 24.0 Å². The molecule has 0 radical (unpaired) electrons. The highest BCUT2D eigenvalue weighted by Gasteiger charge is 2.11. The van der Waals surface area contributed by atoms with E-state index in [1.165, 1.54) is 0 Å². The van der Waals surface area contributed by atoms with Crippen LogP contribution in [-0.2, 0) is 20.8 Å². The number of hydrogen-bond acceptors (Lipinski definition) is 6. The van der Waals surface area contributed by atoms with E-state index in [4.69, 9.17) is 37.4 Å². The molecule has 1 amide bonds. The molecule has 0 atom stereocenters. The van der Waals surface area contributed by atoms with E-state index < -0.39 is 5.97 Å². The van der Waals surface area contributed by atoms with Gasteiger partial charge in [-0.25, -0.2) is 9.79 Å². The van der Waals surface area contributed by atoms with E-state index in [-0.39, 0.29) is 36.8 Å². The number of aliphatic imine (C=N–C) groups is 1. The summed E-state index contributed by atoms with van der Waals surface area (Å²) in [5, 5.41) is 3.29. The lowest BCUT2D eigenvalue weighted by Gasteiger charge is -2.09. The summed E-state index contributed by atoms with van der Waals surface area (Å²) >= 11 is 6.33. The van der Waals surface area contributed by atoms with E-state index in [1.807, 2.05) is 31.2 Å². The summed E-state index contributed by atoms with van der Waals surface area (Å²) in [4.78, 5) is 44.7. The third-order valence-corrected chi connectivity index (χ3v) is 4.87. The van der Waals surface area contributed by atoms with E-state index in [0.29, 0.717) is 28.4 Å². The first-order valence-electron chi connectivity index (χ1n) is 10.3. The van der Waals surface area contributed by atoms with Crippen molar-refractivity contribution in [1.29, 1.82) is 0 Å². The Morgan fingerprint density at radius 2 is 1.69 bits per heavy atom. The molecule has 0 saturated carbocycles. The molecular formula is C25H24Cl2N4O5. The van der Waals surface area contributed by atoms with Crippen LogP contribution < -0.4 is 21.5 Å². The highest BCUT2D eigenvalue weighted by molar-refractivity contribution is 6.31. The smallest absolute Gasteiger partial charge is 0.373 e. The van der Waals surface area contributed by atoms with Crippen LogP contribution in [0.1, 0.15) is 27.9 Å². The van der Waals surface area contributed by atoms with E-state index in [2.05, 4.69) is 10.3 Å². The molecule has 0 heterocycles. The Bertz CT molecular complexity index is 1250. The number of hydrogen-bond donors (Lipinski definition) is 3. The highest BCUT2D eigenvalue weighted by Crippen LogP contribution is 2.25. The third-order valence-electron chi connectivity index (χ3n) is 4.52. The minimum atomic E-state index is -0.539. The van der Waals surface area contributed by atoms with Crippen LogP contribution in [0.15, 0.2) is 71.7 Å². The van der Waals surface area contributed by atoms with Crippen molar-refractivity contribution in [2.75, 3.05) is 5.32 Å². The Kier molecular flexibility index (Phi) is 12.4. The molecular weight excluding hydrogens is 507 g/mol. The van der Waals surface area contributed by atoms with Gasteiger partial charge in [-0.15, -0.1) is 12.4 Å². The van der Waals surface area contributed by atoms with Gasteiger partial charge in [0.25, 0.3) is 0 Å². The summed E-state index contributed by atoms with van der Waals surface area (Å²) in [6.07, 6.45) is 0.978. The molecule has 5 N–H and O–H groups in total. The maximum absolute atomic E-state index is 12.4. The average molecular weight is 531 g/mol. The first kappa shape index (κ1) is 29.9. The second kappa shape index (κ2) is 15.0. The maximum atomic E-state index is 12.4. The molecule has 9 nitrogen and oxygen atoms in total. The Hall–Kier alpha value is -4.17. The molecule has 0 aliphatic carbocycles. The van der Waals surface area contributed by atoms with Crippen molar-refractivity contribution >= 4 is 59.4 Å². The number of guanidine groups is 1. The van der Waals surface area contributed by atoms with E-state index in [0.717, 1.165) is 16.8 Å². The molecule has 3 rings (SSSR count). The van der Waals surface area contributed by atoms with Crippen molar-refractivity contribution in [2.24, 2.45) is 16.5 Å². The van der Waals surface area contributed by atoms with Crippen LogP contribution in [0.4, 0.5) is 11.4 Å². The maximum Gasteiger partial charge on any atom is 0.373 e. The molecule has 0 spiro atoms. The Morgan fingerprint density at radius 1 is 1.03 bits per heavy atom. The van der Waals surface area contributed by atoms with Crippen LogP contribution in [0.2, 0.25) is 5.02 Å². The minimum absolute atomic E-state index is 0. The largest absolute Gasteiger partial charge is 0.423 e. The van der Waals surface area contributed by atoms with Gasteiger partial charge in [-0.2, -0.15) is 9.59 Å². The van der Waals surface area contributed by atoms with Crippen molar-refractivity contribution < 1.29 is 23.9 Å². The number of nitrogens with zero attached hydrogens (tertiary/aromatic N) is 1. The van der Waals surface area contributed by atoms with Crippen LogP contribution in [0, 0.1) is 6.92 Å². The molecule has 188 valence electrons. The SMILES string of the molecule is Cc1cccc(NC(=O)CCc2ccc(OC(=O)c3ccc(N=C(N)N)cc3)cc2Cl)c1.Cl.O=C=O. The van der Waals surface area contributed by atoms with Crippen LogP contribution >= 0.6 is 24.0 Å². The lowest BCUT2D eigenvalue weighted by atomic mass is 10.1. The number of carbonyl (C=O) groups is 2. The molecule has 0 bridgehead atoms. The van der Waals surface area contributed by atoms with Crippen molar-refractivity contribution in [3.05, 3.63) is 88.4 Å². The van der Waals surface area contributed by atoms with E-state index in [1.54, 1.807) is 42.5 Å². The zero-order valence-corrected chi connectivity index (χ0v) is 20.8. The van der Waals surface area contributed by atoms with Crippen LogP contribution in [0.5, 0.6) is 5.75 Å². The first-order valence-corrected chi connectivity index (χ1v) is 10.7. The number of rotatable bonds is 7. The molecule has 3 aromatic rings. The van der Waals surface area contributed by atoms with E-state index >= 15 is 0 Å². The number of anilines is 1. The zero-order chi connectivity index (χ0) is 25.8. The number of nitrogens with two attached hydrogens (primary N) is 2. The summed E-state index contributed by atoms with van der Waals surface area (Å²) in [5.41, 5.74) is 14.1. The molecule has 0 saturated heterocycles. The predicted molar refractivity (Wildman–Crippen MR) is 139 cm³/mol. The second-order valence-corrected chi connectivity index (χ2v) is 7.63. The van der Waals surface area contributed by atoms with Gasteiger partial charge in [0, 0.05) is 17.1 Å². The Balaban J connectivity index is 0.00000154. The van der Waals surface area contributed by atoms with Gasteiger partial charge in [0.05, 0.1) is 11.3 Å². The minimum Gasteiger partial charge on any atom is -0.423 e. The van der Waals surface area contributed by atoms with Gasteiger partial charge in [0.15, 0.2) is 5.96 Å². The topological polar surface area (TPSA) is 154 Å². The molecule has 0 unspecified atom stereocenters. The molecule has 36 heavy (non-hydrogen) atoms. The van der Waals surface area contributed by atoms with Gasteiger partial charge in [0.1, 0.15) is 5.75 Å². The molecule has 0 fully saturated rings. The molecule has 3 aromatic carbocycles. The van der Waals surface area contributed by atoms with Gasteiger partial charge in [-0.05, 0) is 73.0 Å². The summed E-state index contributed by atoms with van der Waals surface area (Å²) in [7, 11) is 0. The molecule has 0 aliphatic heterocycles. The number of ether oxygens (including phenoxy) is 1. The molecule has 0 aromatic heterocycles. The zero-order valence-electron chi connectivity index (χ0n) is 19.2. The lowest BCUT2D eigenvalue weighted by Crippen LogP contribution is -2.21. The fourth-order valence-electron chi connectivity index (χ4n) is 2.98. The van der Waals surface area contributed by atoms with Crippen LogP contribution in [0.25, 0.3) is 0 Å². The summed E-state index contributed by atoms with van der Waals surface area (Å²) < 4.78 is 5.39. The van der Waals surface area contributed by atoms with Crippen molar-refractivity contribution in [3.8, 4) is 5.75 Å². The summed E-state index contributed by atoms with van der Waals surface area (Å²) in [5.74, 6) is -0.405. The van der Waals surface area contributed by atoms with Crippen LogP contribution in [0.3, 0.4) is 0 Å². The number of esters is 1. The highest BCUT2D eigenvalue weighted by atomic mass is 35.5. The van der Waals surface area contributed by atoms with Gasteiger partial charge < -0.3 is 21.5 Å². The number of aryl methyl sites for hydroxylation is 2. The number of carbonyl (C=O) groups excluding carboxylic acids is 4. The predicted octanol–water partition coefficient (Wildman–Crippen LogP) is 4.18. The number of benzene rings is 3. The second-order valence-electron chi connectivity index (χ2n) is 7.23. The Morgan fingerprint density at radius 3 is 2.28 bits per heavy atom. The fourth-order valence-corrected chi connectivity index (χ4v) is 3.24. The fraction of sp³-hybridized carbons (Fsp3) is 0.120. The molecule has 11 heteroatoms. The lowest BCUT2D eigenvalue weighted by molar-refractivity contribution is -0.191. The summed E-state index contributed by atoms with van der Waals surface area (Å²) in [6, 6.07) is 18.9. The summed E-state index contributed by atoms with van der Waals surface area (Å²) in [6.45, 7) is 1.96. The first-order chi connectivity index (χ1) is 16.7.